The van der Waals surface area contributed by atoms with Crippen LogP contribution in [0.25, 0.3) is 0 Å². The molecule has 0 aliphatic carbocycles. The number of rotatable bonds is 3. The Bertz CT molecular complexity index is 438. The second-order valence-corrected chi connectivity index (χ2v) is 7.96. The average Bonchev–Trinajstić information content (AvgIpc) is 2.62. The lowest BCUT2D eigenvalue weighted by molar-refractivity contribution is -0.159. The van der Waals surface area contributed by atoms with Crippen LogP contribution in [0.2, 0.25) is 0 Å². The van der Waals surface area contributed by atoms with Crippen LogP contribution < -0.4 is 0 Å². The van der Waals surface area contributed by atoms with E-state index in [0.717, 1.165) is 10.7 Å². The van der Waals surface area contributed by atoms with E-state index in [1.165, 1.54) is 0 Å². The minimum absolute atomic E-state index is 0.0594. The quantitative estimate of drug-likeness (QED) is 0.788. The van der Waals surface area contributed by atoms with Gasteiger partial charge in [0.25, 0.3) is 0 Å². The molecular formula is C15H25NO2S. The summed E-state index contributed by atoms with van der Waals surface area (Å²) in [6.45, 7) is 14.0. The lowest BCUT2D eigenvalue weighted by atomic mass is 9.93. The van der Waals surface area contributed by atoms with E-state index in [1.54, 1.807) is 11.3 Å². The molecule has 4 heteroatoms. The molecule has 0 aliphatic heterocycles. The first-order valence-electron chi connectivity index (χ1n) is 6.67. The molecule has 1 aromatic rings. The summed E-state index contributed by atoms with van der Waals surface area (Å²) >= 11 is 1.62. The topological polar surface area (TPSA) is 39.2 Å². The Morgan fingerprint density at radius 3 is 2.32 bits per heavy atom. The molecule has 0 fully saturated rings. The van der Waals surface area contributed by atoms with Gasteiger partial charge in [0, 0.05) is 17.2 Å². The van der Waals surface area contributed by atoms with E-state index in [-0.39, 0.29) is 17.3 Å². The highest BCUT2D eigenvalue weighted by molar-refractivity contribution is 7.09. The van der Waals surface area contributed by atoms with Gasteiger partial charge < -0.3 is 4.74 Å². The molecule has 108 valence electrons. The summed E-state index contributed by atoms with van der Waals surface area (Å²) in [5, 5.41) is 3.08. The molecular weight excluding hydrogens is 258 g/mol. The van der Waals surface area contributed by atoms with Crippen LogP contribution in [0.15, 0.2) is 5.38 Å². The minimum Gasteiger partial charge on any atom is -0.460 e. The second kappa shape index (κ2) is 5.61. The second-order valence-electron chi connectivity index (χ2n) is 7.02. The summed E-state index contributed by atoms with van der Waals surface area (Å²) in [5.74, 6) is -0.307. The van der Waals surface area contributed by atoms with E-state index in [9.17, 15) is 4.79 Å². The first kappa shape index (κ1) is 16.2. The molecule has 0 radical (unpaired) electrons. The zero-order valence-corrected chi connectivity index (χ0v) is 13.9. The molecule has 19 heavy (non-hydrogen) atoms. The van der Waals surface area contributed by atoms with Crippen LogP contribution in [-0.4, -0.2) is 16.6 Å². The van der Waals surface area contributed by atoms with E-state index < -0.39 is 5.60 Å². The van der Waals surface area contributed by atoms with E-state index in [0.29, 0.717) is 6.42 Å². The van der Waals surface area contributed by atoms with Gasteiger partial charge in [0.2, 0.25) is 0 Å². The van der Waals surface area contributed by atoms with Gasteiger partial charge in [-0.25, -0.2) is 4.98 Å². The zero-order valence-electron chi connectivity index (χ0n) is 13.0. The third-order valence-electron chi connectivity index (χ3n) is 2.61. The number of hydrogen-bond acceptors (Lipinski definition) is 4. The van der Waals surface area contributed by atoms with Gasteiger partial charge in [-0.1, -0.05) is 27.7 Å². The summed E-state index contributed by atoms with van der Waals surface area (Å²) in [4.78, 5) is 16.5. The fourth-order valence-electron chi connectivity index (χ4n) is 1.50. The lowest BCUT2D eigenvalue weighted by Gasteiger charge is -2.21. The Kier molecular flexibility index (Phi) is 4.77. The fraction of sp³-hybridized carbons (Fsp3) is 0.733. The number of aromatic nitrogens is 1. The van der Waals surface area contributed by atoms with Crippen LogP contribution in [0.4, 0.5) is 0 Å². The Balaban J connectivity index is 2.65. The Morgan fingerprint density at radius 2 is 1.89 bits per heavy atom. The smallest absolute Gasteiger partial charge is 0.309 e. The first-order valence-corrected chi connectivity index (χ1v) is 7.55. The van der Waals surface area contributed by atoms with Gasteiger partial charge >= 0.3 is 5.97 Å². The van der Waals surface area contributed by atoms with Crippen molar-refractivity contribution in [1.29, 1.82) is 0 Å². The average molecular weight is 283 g/mol. The largest absolute Gasteiger partial charge is 0.460 e. The number of hydrogen-bond donors (Lipinski definition) is 0. The molecule has 0 spiro atoms. The molecule has 1 rings (SSSR count). The maximum Gasteiger partial charge on any atom is 0.309 e. The summed E-state index contributed by atoms with van der Waals surface area (Å²) < 4.78 is 5.38. The third kappa shape index (κ3) is 5.31. The van der Waals surface area contributed by atoms with Crippen molar-refractivity contribution in [3.05, 3.63) is 16.1 Å². The van der Waals surface area contributed by atoms with Crippen LogP contribution in [0.5, 0.6) is 0 Å². The van der Waals surface area contributed by atoms with Crippen molar-refractivity contribution < 1.29 is 9.53 Å². The van der Waals surface area contributed by atoms with Gasteiger partial charge in [0.1, 0.15) is 5.60 Å². The monoisotopic (exact) mass is 283 g/mol. The molecule has 0 bridgehead atoms. The predicted octanol–water partition coefficient (Wildman–Crippen LogP) is 3.96. The van der Waals surface area contributed by atoms with Crippen LogP contribution >= 0.6 is 11.3 Å². The van der Waals surface area contributed by atoms with Gasteiger partial charge in [-0.3, -0.25) is 4.79 Å². The van der Waals surface area contributed by atoms with Crippen molar-refractivity contribution in [3.8, 4) is 0 Å². The Labute approximate surface area is 120 Å². The highest BCUT2D eigenvalue weighted by atomic mass is 32.1. The molecule has 1 heterocycles. The molecule has 0 saturated heterocycles. The van der Waals surface area contributed by atoms with Crippen molar-refractivity contribution in [1.82, 2.24) is 4.98 Å². The molecule has 1 aromatic heterocycles. The van der Waals surface area contributed by atoms with Crippen molar-refractivity contribution in [3.63, 3.8) is 0 Å². The molecule has 0 amide bonds. The maximum atomic E-state index is 11.9. The van der Waals surface area contributed by atoms with Crippen molar-refractivity contribution in [2.45, 2.75) is 65.9 Å². The zero-order chi connectivity index (χ0) is 14.8. The van der Waals surface area contributed by atoms with Gasteiger partial charge in [-0.05, 0) is 20.8 Å². The highest BCUT2D eigenvalue weighted by Crippen LogP contribution is 2.25. The molecule has 0 saturated carbocycles. The van der Waals surface area contributed by atoms with Gasteiger partial charge in [-0.2, -0.15) is 0 Å². The SMILES string of the molecule is CC(Cc1nc(C(C)(C)C)cs1)C(=O)OC(C)(C)C. The Hall–Kier alpha value is -0.900. The number of nitrogens with zero attached hydrogens (tertiary/aromatic N) is 1. The molecule has 1 unspecified atom stereocenters. The first-order chi connectivity index (χ1) is 8.49. The normalized spacial score (nSPS) is 14.3. The number of ether oxygens (including phenoxy) is 1. The van der Waals surface area contributed by atoms with Gasteiger partial charge in [-0.15, -0.1) is 11.3 Å². The molecule has 1 atom stereocenters. The van der Waals surface area contributed by atoms with Crippen molar-refractivity contribution >= 4 is 17.3 Å². The lowest BCUT2D eigenvalue weighted by Crippen LogP contribution is -2.28. The number of esters is 1. The maximum absolute atomic E-state index is 11.9. The molecule has 0 aromatic carbocycles. The van der Waals surface area contributed by atoms with E-state index >= 15 is 0 Å². The fourth-order valence-corrected chi connectivity index (χ4v) is 2.65. The van der Waals surface area contributed by atoms with Gasteiger partial charge in [0.15, 0.2) is 0 Å². The summed E-state index contributed by atoms with van der Waals surface area (Å²) in [5.41, 5.74) is 0.721. The number of carbonyl (C=O) groups is 1. The number of carbonyl (C=O) groups excluding carboxylic acids is 1. The summed E-state index contributed by atoms with van der Waals surface area (Å²) in [6.07, 6.45) is 0.648. The summed E-state index contributed by atoms with van der Waals surface area (Å²) in [6, 6.07) is 0. The standard InChI is InChI=1S/C15H25NO2S/c1-10(13(17)18-15(5,6)7)8-12-16-11(9-19-12)14(2,3)4/h9-10H,8H2,1-7H3. The van der Waals surface area contributed by atoms with Crippen molar-refractivity contribution in [2.75, 3.05) is 0 Å². The van der Waals surface area contributed by atoms with Gasteiger partial charge in [0.05, 0.1) is 16.6 Å². The molecule has 3 nitrogen and oxygen atoms in total. The van der Waals surface area contributed by atoms with E-state index in [2.05, 4.69) is 31.1 Å². The third-order valence-corrected chi connectivity index (χ3v) is 3.48. The van der Waals surface area contributed by atoms with Crippen LogP contribution in [0, 0.1) is 5.92 Å². The highest BCUT2D eigenvalue weighted by Gasteiger charge is 2.24. The molecule has 0 aliphatic rings. The van der Waals surface area contributed by atoms with E-state index in [1.807, 2.05) is 27.7 Å². The minimum atomic E-state index is -0.426. The van der Waals surface area contributed by atoms with Crippen LogP contribution in [-0.2, 0) is 21.4 Å². The van der Waals surface area contributed by atoms with Crippen LogP contribution in [0.3, 0.4) is 0 Å². The van der Waals surface area contributed by atoms with E-state index in [4.69, 9.17) is 4.74 Å². The van der Waals surface area contributed by atoms with Crippen molar-refractivity contribution in [2.24, 2.45) is 5.92 Å². The molecule has 0 N–H and O–H groups in total. The van der Waals surface area contributed by atoms with Crippen LogP contribution in [0.1, 0.15) is 59.2 Å². The Morgan fingerprint density at radius 1 is 1.32 bits per heavy atom. The number of thiazole rings is 1. The predicted molar refractivity (Wildman–Crippen MR) is 79.5 cm³/mol. The summed E-state index contributed by atoms with van der Waals surface area (Å²) in [7, 11) is 0.